The van der Waals surface area contributed by atoms with Crippen molar-refractivity contribution < 1.29 is 19.1 Å². The van der Waals surface area contributed by atoms with Crippen LogP contribution in [0.1, 0.15) is 44.9 Å². The third kappa shape index (κ3) is 8.57. The van der Waals surface area contributed by atoms with Crippen LogP contribution in [0.2, 0.25) is 0 Å². The van der Waals surface area contributed by atoms with Gasteiger partial charge >= 0.3 is 0 Å². The maximum absolute atomic E-state index is 13.7. The van der Waals surface area contributed by atoms with E-state index in [1.165, 1.54) is 0 Å². The highest BCUT2D eigenvalue weighted by atomic mass is 32.1. The predicted molar refractivity (Wildman–Crippen MR) is 160 cm³/mol. The van der Waals surface area contributed by atoms with Gasteiger partial charge in [-0.2, -0.15) is 0 Å². The number of nitrogens with zero attached hydrogens (tertiary/aromatic N) is 3. The average Bonchev–Trinajstić information content (AvgIpc) is 3.62. The summed E-state index contributed by atoms with van der Waals surface area (Å²) in [7, 11) is 0. The third-order valence-corrected chi connectivity index (χ3v) is 8.66. The van der Waals surface area contributed by atoms with Crippen LogP contribution in [0.4, 0.5) is 0 Å². The first-order chi connectivity index (χ1) is 19.6. The van der Waals surface area contributed by atoms with Crippen molar-refractivity contribution in [3.05, 3.63) is 41.0 Å². The third-order valence-electron chi connectivity index (χ3n) is 7.68. The van der Waals surface area contributed by atoms with Gasteiger partial charge in [0.1, 0.15) is 18.7 Å². The molecule has 4 rings (SSSR count). The van der Waals surface area contributed by atoms with Gasteiger partial charge in [-0.3, -0.25) is 19.3 Å². The molecule has 2 unspecified atom stereocenters. The van der Waals surface area contributed by atoms with Crippen LogP contribution in [-0.2, 0) is 25.7 Å². The first-order valence-corrected chi connectivity index (χ1v) is 15.4. The molecule has 0 saturated carbocycles. The molecule has 0 spiro atoms. The minimum atomic E-state index is -0.761. The van der Waals surface area contributed by atoms with Gasteiger partial charge in [0.05, 0.1) is 22.7 Å². The van der Waals surface area contributed by atoms with Crippen molar-refractivity contribution in [2.75, 3.05) is 52.5 Å². The molecule has 0 radical (unpaired) electrons. The summed E-state index contributed by atoms with van der Waals surface area (Å²) in [5, 5.41) is 9.23. The molecule has 10 nitrogen and oxygen atoms in total. The van der Waals surface area contributed by atoms with E-state index in [4.69, 9.17) is 4.74 Å². The van der Waals surface area contributed by atoms with Crippen molar-refractivity contribution in [1.82, 2.24) is 30.7 Å². The Bertz CT molecular complexity index is 1170. The van der Waals surface area contributed by atoms with Crippen LogP contribution in [0.15, 0.2) is 29.8 Å². The van der Waals surface area contributed by atoms with Crippen LogP contribution >= 0.6 is 11.3 Å². The number of aromatic nitrogens is 1. The molecule has 1 aromatic heterocycles. The first-order valence-electron chi connectivity index (χ1n) is 14.5. The van der Waals surface area contributed by atoms with Gasteiger partial charge in [0.25, 0.3) is 0 Å². The summed E-state index contributed by atoms with van der Waals surface area (Å²) in [5.74, 6) is -0.724. The van der Waals surface area contributed by atoms with Gasteiger partial charge in [0, 0.05) is 45.8 Å². The van der Waals surface area contributed by atoms with Crippen molar-refractivity contribution in [3.63, 3.8) is 0 Å². The topological polar surface area (TPSA) is 116 Å². The quantitative estimate of drug-likeness (QED) is 0.347. The number of rotatable bonds is 11. The maximum Gasteiger partial charge on any atom is 0.246 e. The fourth-order valence-corrected chi connectivity index (χ4v) is 6.09. The minimum absolute atomic E-state index is 0.1000. The zero-order chi connectivity index (χ0) is 29.4. The number of carbonyl (C=O) groups is 3. The molecule has 2 atom stereocenters. The largest absolute Gasteiger partial charge is 0.370 e. The van der Waals surface area contributed by atoms with Gasteiger partial charge in [-0.15, -0.1) is 11.3 Å². The molecule has 2 aromatic rings. The molecule has 2 aliphatic rings. The molecule has 2 saturated heterocycles. The summed E-state index contributed by atoms with van der Waals surface area (Å²) >= 11 is 1.61. The number of nitrogens with one attached hydrogen (secondary N) is 3. The Morgan fingerprint density at radius 3 is 2.54 bits per heavy atom. The Hall–Kier alpha value is -2.86. The second-order valence-corrected chi connectivity index (χ2v) is 12.7. The summed E-state index contributed by atoms with van der Waals surface area (Å²) in [6.07, 6.45) is 1.34. The number of benzene rings is 1. The van der Waals surface area contributed by atoms with Crippen molar-refractivity contribution in [3.8, 4) is 10.4 Å². The number of hydrogen-bond donors (Lipinski definition) is 3. The molecule has 1 aromatic carbocycles. The lowest BCUT2D eigenvalue weighted by Crippen LogP contribution is -2.58. The van der Waals surface area contributed by atoms with Crippen molar-refractivity contribution in [2.24, 2.45) is 5.41 Å². The van der Waals surface area contributed by atoms with Gasteiger partial charge in [-0.25, -0.2) is 4.98 Å². The lowest BCUT2D eigenvalue weighted by molar-refractivity contribution is -0.144. The molecule has 0 aliphatic carbocycles. The number of carbonyl (C=O) groups excluding carboxylic acids is 3. The number of aryl methyl sites for hydroxylation is 1. The summed E-state index contributed by atoms with van der Waals surface area (Å²) in [6.45, 7) is 13.6. The number of piperazine rings is 1. The van der Waals surface area contributed by atoms with E-state index in [0.29, 0.717) is 26.1 Å². The molecule has 0 bridgehead atoms. The number of hydrogen-bond acceptors (Lipinski definition) is 8. The fraction of sp³-hybridized carbons (Fsp3) is 0.600. The van der Waals surface area contributed by atoms with Gasteiger partial charge in [0.15, 0.2) is 0 Å². The molecule has 3 N–H and O–H groups in total. The van der Waals surface area contributed by atoms with Crippen LogP contribution in [-0.4, -0.2) is 97.1 Å². The smallest absolute Gasteiger partial charge is 0.246 e. The van der Waals surface area contributed by atoms with Crippen molar-refractivity contribution >= 4 is 29.1 Å². The van der Waals surface area contributed by atoms with E-state index in [1.807, 2.05) is 57.5 Å². The van der Waals surface area contributed by atoms with E-state index in [1.54, 1.807) is 16.2 Å². The predicted octanol–water partition coefficient (Wildman–Crippen LogP) is 2.18. The Morgan fingerprint density at radius 1 is 1.15 bits per heavy atom. The van der Waals surface area contributed by atoms with Gasteiger partial charge in [-0.1, -0.05) is 45.0 Å². The molecule has 3 heterocycles. The van der Waals surface area contributed by atoms with Gasteiger partial charge < -0.3 is 25.6 Å². The standard InChI is InChI=1S/C30H44N6O4S/c1-21-26(41-20-33-21)23-9-7-22(8-10-23)18-32-28(38)24-6-5-13-36(24)29(39)27(30(2,3)4)34-25(37)19-40-17-16-35-14-11-31-12-15-35/h7-10,20,24,27,31H,5-6,11-19H2,1-4H3,(H,32,38)(H,34,37). The molecular formula is C30H44N6O4S. The zero-order valence-corrected chi connectivity index (χ0v) is 25.5. The van der Waals surface area contributed by atoms with E-state index in [9.17, 15) is 14.4 Å². The van der Waals surface area contributed by atoms with Crippen LogP contribution in [0.3, 0.4) is 0 Å². The lowest BCUT2D eigenvalue weighted by atomic mass is 9.85. The van der Waals surface area contributed by atoms with Gasteiger partial charge in [-0.05, 0) is 36.3 Å². The molecule has 3 amide bonds. The number of thiazole rings is 1. The highest BCUT2D eigenvalue weighted by Gasteiger charge is 2.41. The zero-order valence-electron chi connectivity index (χ0n) is 24.7. The Kier molecular flexibility index (Phi) is 10.9. The SMILES string of the molecule is Cc1ncsc1-c1ccc(CNC(=O)C2CCCN2C(=O)C(NC(=O)COCCN2CCNCC2)C(C)(C)C)cc1. The molecule has 2 fully saturated rings. The number of likely N-dealkylation sites (tertiary alicyclic amines) is 1. The number of ether oxygens (including phenoxy) is 1. The Labute approximate surface area is 247 Å². The second kappa shape index (κ2) is 14.4. The Balaban J connectivity index is 1.28. The van der Waals surface area contributed by atoms with E-state index in [-0.39, 0.29) is 24.3 Å². The van der Waals surface area contributed by atoms with E-state index >= 15 is 0 Å². The minimum Gasteiger partial charge on any atom is -0.370 e. The van der Waals surface area contributed by atoms with E-state index in [0.717, 1.165) is 60.8 Å². The monoisotopic (exact) mass is 584 g/mol. The number of amides is 3. The van der Waals surface area contributed by atoms with Crippen LogP contribution in [0.25, 0.3) is 10.4 Å². The van der Waals surface area contributed by atoms with Gasteiger partial charge in [0.2, 0.25) is 17.7 Å². The fourth-order valence-electron chi connectivity index (χ4n) is 5.27. The van der Waals surface area contributed by atoms with Crippen LogP contribution in [0, 0.1) is 12.3 Å². The van der Waals surface area contributed by atoms with E-state index in [2.05, 4.69) is 25.8 Å². The molecular weight excluding hydrogens is 540 g/mol. The van der Waals surface area contributed by atoms with E-state index < -0.39 is 17.5 Å². The van der Waals surface area contributed by atoms with Crippen molar-refractivity contribution in [1.29, 1.82) is 0 Å². The Morgan fingerprint density at radius 2 is 1.88 bits per heavy atom. The normalized spacial score (nSPS) is 18.7. The summed E-state index contributed by atoms with van der Waals surface area (Å²) in [6, 6.07) is 6.77. The molecule has 11 heteroatoms. The molecule has 2 aliphatic heterocycles. The summed E-state index contributed by atoms with van der Waals surface area (Å²) in [4.78, 5) is 49.0. The lowest BCUT2D eigenvalue weighted by Gasteiger charge is -2.35. The highest BCUT2D eigenvalue weighted by Crippen LogP contribution is 2.28. The maximum atomic E-state index is 13.7. The molecule has 41 heavy (non-hydrogen) atoms. The van der Waals surface area contributed by atoms with Crippen molar-refractivity contribution in [2.45, 2.75) is 59.2 Å². The average molecular weight is 585 g/mol. The summed E-state index contributed by atoms with van der Waals surface area (Å²) < 4.78 is 5.62. The van der Waals surface area contributed by atoms with Crippen LogP contribution < -0.4 is 16.0 Å². The first kappa shape index (κ1) is 31.1. The summed E-state index contributed by atoms with van der Waals surface area (Å²) in [5.41, 5.74) is 4.40. The highest BCUT2D eigenvalue weighted by molar-refractivity contribution is 7.13. The van der Waals surface area contributed by atoms with Crippen LogP contribution in [0.5, 0.6) is 0 Å². The second-order valence-electron chi connectivity index (χ2n) is 11.9. The molecule has 224 valence electrons.